The van der Waals surface area contributed by atoms with Crippen molar-refractivity contribution >= 4 is 22.8 Å². The van der Waals surface area contributed by atoms with Crippen molar-refractivity contribution in [1.82, 2.24) is 14.9 Å². The van der Waals surface area contributed by atoms with Crippen LogP contribution >= 0.6 is 0 Å². The first-order valence-corrected chi connectivity index (χ1v) is 9.42. The van der Waals surface area contributed by atoms with Crippen LogP contribution in [0.3, 0.4) is 0 Å². The fourth-order valence-electron chi connectivity index (χ4n) is 3.03. The molecule has 0 aliphatic carbocycles. The molecule has 0 radical (unpaired) electrons. The van der Waals surface area contributed by atoms with Crippen molar-refractivity contribution in [1.29, 1.82) is 0 Å². The quantitative estimate of drug-likeness (QED) is 0.623. The van der Waals surface area contributed by atoms with E-state index in [1.165, 1.54) is 10.9 Å². The Morgan fingerprint density at radius 1 is 1.07 bits per heavy atom. The molecule has 7 heteroatoms. The van der Waals surface area contributed by atoms with Gasteiger partial charge in [-0.1, -0.05) is 42.5 Å². The normalized spacial score (nSPS) is 12.0. The third kappa shape index (κ3) is 5.28. The summed E-state index contributed by atoms with van der Waals surface area (Å²) >= 11 is 0. The Balaban J connectivity index is 1.77. The van der Waals surface area contributed by atoms with Crippen LogP contribution in [0.2, 0.25) is 0 Å². The summed E-state index contributed by atoms with van der Waals surface area (Å²) < 4.78 is 6.47. The molecule has 3 rings (SSSR count). The molecule has 0 fully saturated rings. The van der Waals surface area contributed by atoms with E-state index in [4.69, 9.17) is 4.74 Å². The lowest BCUT2D eigenvalue weighted by Gasteiger charge is -2.19. The number of fused-ring (bicyclic) bond motifs is 1. The molecule has 1 N–H and O–H groups in total. The van der Waals surface area contributed by atoms with E-state index in [1.807, 2.05) is 30.3 Å². The highest BCUT2D eigenvalue weighted by Gasteiger charge is 2.20. The largest absolute Gasteiger partial charge is 0.463 e. The fraction of sp³-hybridized carbons (Fsp3) is 0.273. The predicted molar refractivity (Wildman–Crippen MR) is 109 cm³/mol. The average molecular weight is 393 g/mol. The highest BCUT2D eigenvalue weighted by atomic mass is 16.5. The van der Waals surface area contributed by atoms with Gasteiger partial charge in [-0.15, -0.1) is 0 Å². The van der Waals surface area contributed by atoms with Gasteiger partial charge in [0.25, 0.3) is 5.56 Å². The van der Waals surface area contributed by atoms with Gasteiger partial charge in [-0.2, -0.15) is 0 Å². The van der Waals surface area contributed by atoms with Crippen molar-refractivity contribution in [3.8, 4) is 0 Å². The number of nitrogens with zero attached hydrogens (tertiary/aromatic N) is 2. The summed E-state index contributed by atoms with van der Waals surface area (Å²) in [6.45, 7) is 3.35. The smallest absolute Gasteiger partial charge is 0.308 e. The van der Waals surface area contributed by atoms with Crippen LogP contribution in [-0.2, 0) is 20.9 Å². The number of amides is 1. The lowest BCUT2D eigenvalue weighted by atomic mass is 10.0. The molecule has 2 aromatic carbocycles. The van der Waals surface area contributed by atoms with Gasteiger partial charge in [0.2, 0.25) is 5.91 Å². The second-order valence-electron chi connectivity index (χ2n) is 6.97. The lowest BCUT2D eigenvalue weighted by molar-refractivity contribution is -0.148. The van der Waals surface area contributed by atoms with Gasteiger partial charge in [0.1, 0.15) is 6.54 Å². The zero-order chi connectivity index (χ0) is 20.8. The summed E-state index contributed by atoms with van der Waals surface area (Å²) in [5.41, 5.74) is 1.07. The molecule has 0 saturated carbocycles. The van der Waals surface area contributed by atoms with Gasteiger partial charge in [-0.05, 0) is 31.5 Å². The second kappa shape index (κ2) is 9.14. The number of aromatic nitrogens is 2. The molecular weight excluding hydrogens is 370 g/mol. The Morgan fingerprint density at radius 2 is 1.76 bits per heavy atom. The summed E-state index contributed by atoms with van der Waals surface area (Å²) in [6, 6.07) is 15.6. The molecule has 1 aromatic heterocycles. The number of benzene rings is 2. The molecule has 3 aromatic rings. The van der Waals surface area contributed by atoms with Gasteiger partial charge in [0, 0.05) is 0 Å². The second-order valence-corrected chi connectivity index (χ2v) is 6.97. The Kier molecular flexibility index (Phi) is 6.39. The van der Waals surface area contributed by atoms with E-state index >= 15 is 0 Å². The van der Waals surface area contributed by atoms with Crippen LogP contribution < -0.4 is 10.9 Å². The molecular formula is C22H23N3O4. The molecule has 1 unspecified atom stereocenters. The number of carbonyl (C=O) groups excluding carboxylic acids is 2. The van der Waals surface area contributed by atoms with E-state index in [0.29, 0.717) is 10.9 Å². The van der Waals surface area contributed by atoms with Crippen molar-refractivity contribution in [3.05, 3.63) is 76.8 Å². The first kappa shape index (κ1) is 20.3. The minimum atomic E-state index is -0.556. The van der Waals surface area contributed by atoms with Crippen molar-refractivity contribution in [2.45, 2.75) is 39.0 Å². The molecule has 29 heavy (non-hydrogen) atoms. The minimum Gasteiger partial charge on any atom is -0.463 e. The van der Waals surface area contributed by atoms with Crippen LogP contribution in [0.4, 0.5) is 0 Å². The first-order valence-electron chi connectivity index (χ1n) is 9.42. The Labute approximate surface area is 168 Å². The molecule has 0 bridgehead atoms. The van der Waals surface area contributed by atoms with Crippen molar-refractivity contribution < 1.29 is 14.3 Å². The molecule has 150 valence electrons. The molecule has 0 aliphatic heterocycles. The monoisotopic (exact) mass is 393 g/mol. The summed E-state index contributed by atoms with van der Waals surface area (Å²) in [4.78, 5) is 41.6. The third-order valence-electron chi connectivity index (χ3n) is 4.32. The predicted octanol–water partition coefficient (Wildman–Crippen LogP) is 2.60. The van der Waals surface area contributed by atoms with Crippen molar-refractivity contribution in [2.75, 3.05) is 0 Å². The molecule has 7 nitrogen and oxygen atoms in total. The van der Waals surface area contributed by atoms with Crippen LogP contribution in [0.25, 0.3) is 10.9 Å². The van der Waals surface area contributed by atoms with Gasteiger partial charge < -0.3 is 10.1 Å². The van der Waals surface area contributed by atoms with Crippen LogP contribution in [0.5, 0.6) is 0 Å². The van der Waals surface area contributed by atoms with Gasteiger partial charge in [-0.3, -0.25) is 19.0 Å². The fourth-order valence-corrected chi connectivity index (χ4v) is 3.03. The van der Waals surface area contributed by atoms with Crippen molar-refractivity contribution in [3.63, 3.8) is 0 Å². The SMILES string of the molecule is CC(C)OC(=O)CC(NC(=O)Cn1cnc2ccccc2c1=O)c1ccccc1. The molecule has 1 heterocycles. The summed E-state index contributed by atoms with van der Waals surface area (Å²) in [6.07, 6.45) is 1.12. The average Bonchev–Trinajstić information content (AvgIpc) is 2.70. The van der Waals surface area contributed by atoms with Crippen LogP contribution in [0, 0.1) is 0 Å². The maximum atomic E-state index is 12.6. The van der Waals surface area contributed by atoms with Crippen molar-refractivity contribution in [2.24, 2.45) is 0 Å². The van der Waals surface area contributed by atoms with Crippen LogP contribution in [0.15, 0.2) is 65.7 Å². The lowest BCUT2D eigenvalue weighted by Crippen LogP contribution is -2.36. The zero-order valence-corrected chi connectivity index (χ0v) is 16.4. The van der Waals surface area contributed by atoms with Crippen LogP contribution in [0.1, 0.15) is 31.9 Å². The Hall–Kier alpha value is -3.48. The maximum Gasteiger partial charge on any atom is 0.308 e. The van der Waals surface area contributed by atoms with E-state index in [-0.39, 0.29) is 24.6 Å². The van der Waals surface area contributed by atoms with Gasteiger partial charge >= 0.3 is 5.97 Å². The number of nitrogens with one attached hydrogen (secondary N) is 1. The topological polar surface area (TPSA) is 90.3 Å². The highest BCUT2D eigenvalue weighted by molar-refractivity contribution is 5.80. The number of carbonyl (C=O) groups is 2. The maximum absolute atomic E-state index is 12.6. The number of para-hydroxylation sites is 1. The minimum absolute atomic E-state index is 0.00119. The van der Waals surface area contributed by atoms with E-state index in [2.05, 4.69) is 10.3 Å². The van der Waals surface area contributed by atoms with Crippen LogP contribution in [-0.4, -0.2) is 27.5 Å². The van der Waals surface area contributed by atoms with Gasteiger partial charge in [0.05, 0.1) is 35.8 Å². The number of ether oxygens (including phenoxy) is 1. The van der Waals surface area contributed by atoms with E-state index in [9.17, 15) is 14.4 Å². The number of esters is 1. The Bertz CT molecular complexity index is 1060. The summed E-state index contributed by atoms with van der Waals surface area (Å²) in [5.74, 6) is -0.797. The molecule has 0 spiro atoms. The number of hydrogen-bond donors (Lipinski definition) is 1. The first-order chi connectivity index (χ1) is 13.9. The molecule has 0 aliphatic rings. The Morgan fingerprint density at radius 3 is 2.48 bits per heavy atom. The number of hydrogen-bond acceptors (Lipinski definition) is 5. The third-order valence-corrected chi connectivity index (χ3v) is 4.32. The van der Waals surface area contributed by atoms with E-state index in [0.717, 1.165) is 5.56 Å². The highest BCUT2D eigenvalue weighted by Crippen LogP contribution is 2.18. The van der Waals surface area contributed by atoms with E-state index < -0.39 is 17.9 Å². The standard InChI is InChI=1S/C22H23N3O4/c1-15(2)29-21(27)12-19(16-8-4-3-5-9-16)24-20(26)13-25-14-23-18-11-7-6-10-17(18)22(25)28/h3-11,14-15,19H,12-13H2,1-2H3,(H,24,26). The van der Waals surface area contributed by atoms with Gasteiger partial charge in [-0.25, -0.2) is 4.98 Å². The molecule has 1 atom stereocenters. The molecule has 0 saturated heterocycles. The molecule has 1 amide bonds. The zero-order valence-electron chi connectivity index (χ0n) is 16.4. The summed E-state index contributed by atoms with van der Waals surface area (Å²) in [5, 5.41) is 3.28. The number of rotatable bonds is 7. The van der Waals surface area contributed by atoms with E-state index in [1.54, 1.807) is 38.1 Å². The summed E-state index contributed by atoms with van der Waals surface area (Å²) in [7, 11) is 0. The van der Waals surface area contributed by atoms with Gasteiger partial charge in [0.15, 0.2) is 0 Å².